The molecule has 0 unspecified atom stereocenters. The van der Waals surface area contributed by atoms with Gasteiger partial charge in [-0.15, -0.1) is 0 Å². The Kier molecular flexibility index (Phi) is 4.29. The normalized spacial score (nSPS) is 10.2. The second-order valence-electron chi connectivity index (χ2n) is 4.13. The largest absolute Gasteiger partial charge is 0.496 e. The Labute approximate surface area is 125 Å². The van der Waals surface area contributed by atoms with Crippen LogP contribution >= 0.6 is 15.9 Å². The molecule has 0 aromatic heterocycles. The molecule has 0 fully saturated rings. The number of ketones is 1. The fourth-order valence-electron chi connectivity index (χ4n) is 1.90. The third kappa shape index (κ3) is 2.77. The maximum Gasteiger partial charge on any atom is 0.200 e. The lowest BCUT2D eigenvalue weighted by Crippen LogP contribution is -2.06. The van der Waals surface area contributed by atoms with E-state index in [1.165, 1.54) is 14.2 Å². The van der Waals surface area contributed by atoms with E-state index in [0.29, 0.717) is 28.3 Å². The molecule has 0 radical (unpaired) electrons. The summed E-state index contributed by atoms with van der Waals surface area (Å²) >= 11 is 3.35. The van der Waals surface area contributed by atoms with Gasteiger partial charge in [0.2, 0.25) is 5.78 Å². The smallest absolute Gasteiger partial charge is 0.200 e. The molecule has 2 aromatic carbocycles. The lowest BCUT2D eigenvalue weighted by molar-refractivity contribution is 0.103. The van der Waals surface area contributed by atoms with Crippen LogP contribution in [-0.4, -0.2) is 20.0 Å². The van der Waals surface area contributed by atoms with Gasteiger partial charge < -0.3 is 15.2 Å². The fraction of sp³-hybridized carbons (Fsp3) is 0.133. The minimum absolute atomic E-state index is 0.181. The average Bonchev–Trinajstić information content (AvgIpc) is 2.46. The van der Waals surface area contributed by atoms with Crippen molar-refractivity contribution in [1.29, 1.82) is 0 Å². The Morgan fingerprint density at radius 3 is 2.35 bits per heavy atom. The van der Waals surface area contributed by atoms with E-state index < -0.39 is 0 Å². The van der Waals surface area contributed by atoms with Gasteiger partial charge in [0.15, 0.2) is 0 Å². The average molecular weight is 336 g/mol. The van der Waals surface area contributed by atoms with E-state index >= 15 is 0 Å². The molecule has 2 aromatic rings. The molecule has 2 rings (SSSR count). The number of nitrogen functional groups attached to an aromatic ring is 1. The van der Waals surface area contributed by atoms with Crippen LogP contribution in [0, 0.1) is 0 Å². The number of hydrogen-bond donors (Lipinski definition) is 1. The predicted molar refractivity (Wildman–Crippen MR) is 81.5 cm³/mol. The molecule has 0 bridgehead atoms. The second kappa shape index (κ2) is 5.96. The monoisotopic (exact) mass is 335 g/mol. The van der Waals surface area contributed by atoms with E-state index in [9.17, 15) is 4.79 Å². The van der Waals surface area contributed by atoms with Gasteiger partial charge in [-0.25, -0.2) is 0 Å². The van der Waals surface area contributed by atoms with Gasteiger partial charge >= 0.3 is 0 Å². The molecule has 2 N–H and O–H groups in total. The maximum absolute atomic E-state index is 12.6. The standard InChI is InChI=1S/C15H14BrNO3/c1-19-13-6-3-9(16)7-12(13)15(18)11-5-4-10(17)8-14(11)20-2/h3-8H,17H2,1-2H3. The first-order chi connectivity index (χ1) is 9.56. The zero-order valence-electron chi connectivity index (χ0n) is 11.1. The Balaban J connectivity index is 2.54. The van der Waals surface area contributed by atoms with Gasteiger partial charge in [-0.3, -0.25) is 4.79 Å². The van der Waals surface area contributed by atoms with Crippen LogP contribution in [0.5, 0.6) is 11.5 Å². The van der Waals surface area contributed by atoms with E-state index in [1.54, 1.807) is 30.3 Å². The van der Waals surface area contributed by atoms with Gasteiger partial charge in [-0.05, 0) is 30.3 Å². The second-order valence-corrected chi connectivity index (χ2v) is 5.05. The minimum atomic E-state index is -0.181. The summed E-state index contributed by atoms with van der Waals surface area (Å²) in [6.07, 6.45) is 0. The number of hydrogen-bond acceptors (Lipinski definition) is 4. The van der Waals surface area contributed by atoms with Gasteiger partial charge in [0.05, 0.1) is 25.3 Å². The Morgan fingerprint density at radius 2 is 1.70 bits per heavy atom. The van der Waals surface area contributed by atoms with Crippen molar-refractivity contribution in [1.82, 2.24) is 0 Å². The van der Waals surface area contributed by atoms with Crippen LogP contribution in [0.15, 0.2) is 40.9 Å². The highest BCUT2D eigenvalue weighted by atomic mass is 79.9. The summed E-state index contributed by atoms with van der Waals surface area (Å²) in [5, 5.41) is 0. The number of rotatable bonds is 4. The van der Waals surface area contributed by atoms with Crippen LogP contribution in [0.4, 0.5) is 5.69 Å². The van der Waals surface area contributed by atoms with Crippen LogP contribution in [0.3, 0.4) is 0 Å². The van der Waals surface area contributed by atoms with Gasteiger partial charge in [-0.2, -0.15) is 0 Å². The Morgan fingerprint density at radius 1 is 1.00 bits per heavy atom. The van der Waals surface area contributed by atoms with E-state index in [4.69, 9.17) is 15.2 Å². The quantitative estimate of drug-likeness (QED) is 0.688. The van der Waals surface area contributed by atoms with Crippen LogP contribution in [0.2, 0.25) is 0 Å². The topological polar surface area (TPSA) is 61.5 Å². The first-order valence-corrected chi connectivity index (χ1v) is 6.68. The molecule has 0 aliphatic rings. The molecule has 0 saturated heterocycles. The zero-order valence-corrected chi connectivity index (χ0v) is 12.7. The van der Waals surface area contributed by atoms with Crippen LogP contribution in [0.1, 0.15) is 15.9 Å². The summed E-state index contributed by atoms with van der Waals surface area (Å²) in [4.78, 5) is 12.6. The predicted octanol–water partition coefficient (Wildman–Crippen LogP) is 3.28. The Hall–Kier alpha value is -2.01. The van der Waals surface area contributed by atoms with Crippen LogP contribution < -0.4 is 15.2 Å². The lowest BCUT2D eigenvalue weighted by atomic mass is 10.0. The molecule has 5 heteroatoms. The highest BCUT2D eigenvalue weighted by Crippen LogP contribution is 2.29. The van der Waals surface area contributed by atoms with E-state index in [1.807, 2.05) is 6.07 Å². The van der Waals surface area contributed by atoms with E-state index in [-0.39, 0.29) is 5.78 Å². The number of ether oxygens (including phenoxy) is 2. The SMILES string of the molecule is COc1cc(N)ccc1C(=O)c1cc(Br)ccc1OC. The molecular formula is C15H14BrNO3. The van der Waals surface area contributed by atoms with Gasteiger partial charge in [0.25, 0.3) is 0 Å². The van der Waals surface area contributed by atoms with Crippen molar-refractivity contribution in [2.75, 3.05) is 20.0 Å². The summed E-state index contributed by atoms with van der Waals surface area (Å²) in [6.45, 7) is 0. The summed E-state index contributed by atoms with van der Waals surface area (Å²) in [7, 11) is 3.03. The van der Waals surface area contributed by atoms with Crippen LogP contribution in [-0.2, 0) is 0 Å². The third-order valence-electron chi connectivity index (χ3n) is 2.88. The van der Waals surface area contributed by atoms with E-state index in [2.05, 4.69) is 15.9 Å². The van der Waals surface area contributed by atoms with Gasteiger partial charge in [0, 0.05) is 16.2 Å². The molecule has 104 valence electrons. The fourth-order valence-corrected chi connectivity index (χ4v) is 2.26. The molecule has 0 atom stereocenters. The lowest BCUT2D eigenvalue weighted by Gasteiger charge is -2.11. The van der Waals surface area contributed by atoms with Gasteiger partial charge in [0.1, 0.15) is 11.5 Å². The molecule has 0 heterocycles. The van der Waals surface area contributed by atoms with E-state index in [0.717, 1.165) is 4.47 Å². The number of nitrogens with two attached hydrogens (primary N) is 1. The minimum Gasteiger partial charge on any atom is -0.496 e. The van der Waals surface area contributed by atoms with Crippen molar-refractivity contribution in [3.05, 3.63) is 52.0 Å². The molecule has 0 aliphatic heterocycles. The van der Waals surface area contributed by atoms with Crippen LogP contribution in [0.25, 0.3) is 0 Å². The number of anilines is 1. The highest BCUT2D eigenvalue weighted by molar-refractivity contribution is 9.10. The van der Waals surface area contributed by atoms with Crippen molar-refractivity contribution in [3.8, 4) is 11.5 Å². The number of carbonyl (C=O) groups is 1. The molecule has 0 spiro atoms. The summed E-state index contributed by atoms with van der Waals surface area (Å²) < 4.78 is 11.3. The van der Waals surface area contributed by atoms with Gasteiger partial charge in [-0.1, -0.05) is 15.9 Å². The van der Waals surface area contributed by atoms with Crippen molar-refractivity contribution in [2.24, 2.45) is 0 Å². The molecule has 0 amide bonds. The zero-order chi connectivity index (χ0) is 14.7. The maximum atomic E-state index is 12.6. The Bertz CT molecular complexity index is 656. The molecule has 0 saturated carbocycles. The number of halogens is 1. The molecule has 4 nitrogen and oxygen atoms in total. The first kappa shape index (κ1) is 14.4. The molecule has 20 heavy (non-hydrogen) atoms. The number of benzene rings is 2. The first-order valence-electron chi connectivity index (χ1n) is 5.88. The number of carbonyl (C=O) groups excluding carboxylic acids is 1. The van der Waals surface area contributed by atoms with Crippen molar-refractivity contribution >= 4 is 27.4 Å². The van der Waals surface area contributed by atoms with Crippen molar-refractivity contribution < 1.29 is 14.3 Å². The molecule has 0 aliphatic carbocycles. The van der Waals surface area contributed by atoms with Crippen molar-refractivity contribution in [2.45, 2.75) is 0 Å². The summed E-state index contributed by atoms with van der Waals surface area (Å²) in [5.74, 6) is 0.772. The summed E-state index contributed by atoms with van der Waals surface area (Å²) in [6, 6.07) is 10.2. The highest BCUT2D eigenvalue weighted by Gasteiger charge is 2.18. The third-order valence-corrected chi connectivity index (χ3v) is 3.37. The van der Waals surface area contributed by atoms with Crippen molar-refractivity contribution in [3.63, 3.8) is 0 Å². The number of methoxy groups -OCH3 is 2. The molecular weight excluding hydrogens is 322 g/mol. The summed E-state index contributed by atoms with van der Waals surface area (Å²) in [5.41, 5.74) is 7.15.